The molecule has 0 aliphatic carbocycles. The first-order valence-corrected chi connectivity index (χ1v) is 13.6. The van der Waals surface area contributed by atoms with Gasteiger partial charge >= 0.3 is 6.09 Å². The van der Waals surface area contributed by atoms with Crippen LogP contribution in [0.25, 0.3) is 5.69 Å². The van der Waals surface area contributed by atoms with E-state index in [2.05, 4.69) is 10.3 Å². The molecule has 3 N–H and O–H groups in total. The summed E-state index contributed by atoms with van der Waals surface area (Å²) >= 11 is 0. The molecule has 2 amide bonds. The van der Waals surface area contributed by atoms with Gasteiger partial charge in [-0.1, -0.05) is 0 Å². The lowest BCUT2D eigenvalue weighted by Gasteiger charge is -2.24. The normalized spacial score (nSPS) is 16.3. The molecule has 2 aliphatic heterocycles. The minimum atomic E-state index is -0.645. The van der Waals surface area contributed by atoms with Gasteiger partial charge in [0.05, 0.1) is 52.0 Å². The Morgan fingerprint density at radius 2 is 1.76 bits per heavy atom. The van der Waals surface area contributed by atoms with E-state index in [0.29, 0.717) is 53.5 Å². The topological polar surface area (TPSA) is 159 Å². The highest BCUT2D eigenvalue weighted by Crippen LogP contribution is 2.39. The summed E-state index contributed by atoms with van der Waals surface area (Å²) in [6.07, 6.45) is 4.40. The summed E-state index contributed by atoms with van der Waals surface area (Å²) in [5.74, 6) is 2.41. The van der Waals surface area contributed by atoms with Crippen molar-refractivity contribution in [1.29, 1.82) is 0 Å². The zero-order valence-electron chi connectivity index (χ0n) is 24.6. The van der Waals surface area contributed by atoms with E-state index in [1.807, 2.05) is 37.8 Å². The predicted octanol–water partition coefficient (Wildman–Crippen LogP) is 3.14. The molecule has 5 rings (SSSR count). The number of aromatic nitrogens is 4. The van der Waals surface area contributed by atoms with E-state index < -0.39 is 23.6 Å². The maximum Gasteiger partial charge on any atom is 0.410 e. The monoisotopic (exact) mass is 580 g/mol. The molecule has 0 radical (unpaired) electrons. The van der Waals surface area contributed by atoms with Crippen LogP contribution in [-0.2, 0) is 22.6 Å². The number of fused-ring (bicyclic) bond motifs is 1. The Morgan fingerprint density at radius 3 is 2.38 bits per heavy atom. The summed E-state index contributed by atoms with van der Waals surface area (Å²) in [6, 6.07) is 3.12. The maximum atomic E-state index is 12.9. The number of carbonyl (C=O) groups excluding carboxylic acids is 2. The predicted molar refractivity (Wildman–Crippen MR) is 154 cm³/mol. The van der Waals surface area contributed by atoms with Crippen LogP contribution in [0.1, 0.15) is 44.9 Å². The zero-order valence-corrected chi connectivity index (χ0v) is 24.6. The fourth-order valence-electron chi connectivity index (χ4n) is 5.10. The number of nitrogens with two attached hydrogens (primary N) is 1. The fourth-order valence-corrected chi connectivity index (χ4v) is 5.10. The highest BCUT2D eigenvalue weighted by atomic mass is 16.6. The summed E-state index contributed by atoms with van der Waals surface area (Å²) in [4.78, 5) is 42.5. The Balaban J connectivity index is 1.49. The first-order chi connectivity index (χ1) is 20.0. The second-order valence-corrected chi connectivity index (χ2v) is 11.1. The molecule has 1 fully saturated rings. The van der Waals surface area contributed by atoms with Gasteiger partial charge in [-0.2, -0.15) is 4.98 Å². The highest BCUT2D eigenvalue weighted by Gasteiger charge is 2.35. The zero-order chi connectivity index (χ0) is 30.2. The number of anilines is 3. The molecule has 1 unspecified atom stereocenters. The molecule has 0 spiro atoms. The number of carbonyl (C=O) groups is 2. The molecule has 224 valence electrons. The lowest BCUT2D eigenvalue weighted by Crippen LogP contribution is -2.41. The first kappa shape index (κ1) is 28.8. The molecule has 0 bridgehead atoms. The van der Waals surface area contributed by atoms with Crippen molar-refractivity contribution in [3.05, 3.63) is 35.9 Å². The number of hydrogen-bond donors (Lipinski definition) is 2. The summed E-state index contributed by atoms with van der Waals surface area (Å²) in [7, 11) is 4.66. The molecule has 1 saturated heterocycles. The number of benzene rings is 1. The SMILES string of the molecule is COc1cc(-n2cnc(Nc3nc(N4CCCC4C(N)=O)nc4c3CN(C(=O)OC(C)(C)C)C4)c2)cc(OC)c1OC. The third kappa shape index (κ3) is 5.69. The van der Waals surface area contributed by atoms with Gasteiger partial charge < -0.3 is 39.5 Å². The molecule has 4 heterocycles. The van der Waals surface area contributed by atoms with Crippen LogP contribution in [0.15, 0.2) is 24.7 Å². The maximum absolute atomic E-state index is 12.9. The quantitative estimate of drug-likeness (QED) is 0.403. The second kappa shape index (κ2) is 11.3. The minimum Gasteiger partial charge on any atom is -0.493 e. The average Bonchev–Trinajstić information content (AvgIpc) is 3.70. The third-order valence-electron chi connectivity index (χ3n) is 7.04. The molecule has 42 heavy (non-hydrogen) atoms. The van der Waals surface area contributed by atoms with Gasteiger partial charge in [0.15, 0.2) is 11.5 Å². The van der Waals surface area contributed by atoms with Crippen molar-refractivity contribution < 1.29 is 28.5 Å². The Kier molecular flexibility index (Phi) is 7.71. The van der Waals surface area contributed by atoms with Gasteiger partial charge in [0.2, 0.25) is 17.6 Å². The number of hydrogen-bond acceptors (Lipinski definition) is 11. The van der Waals surface area contributed by atoms with Crippen molar-refractivity contribution in [2.75, 3.05) is 38.1 Å². The smallest absolute Gasteiger partial charge is 0.410 e. The van der Waals surface area contributed by atoms with Crippen LogP contribution in [0.4, 0.5) is 22.4 Å². The lowest BCUT2D eigenvalue weighted by molar-refractivity contribution is -0.119. The van der Waals surface area contributed by atoms with Crippen LogP contribution in [0.3, 0.4) is 0 Å². The van der Waals surface area contributed by atoms with Gasteiger partial charge in [-0.25, -0.2) is 14.8 Å². The number of primary amides is 1. The number of imidazole rings is 1. The van der Waals surface area contributed by atoms with E-state index in [9.17, 15) is 9.59 Å². The summed E-state index contributed by atoms with van der Waals surface area (Å²) in [5.41, 5.74) is 7.16. The molecule has 2 aromatic heterocycles. The van der Waals surface area contributed by atoms with Gasteiger partial charge in [0, 0.05) is 24.2 Å². The number of nitrogens with zero attached hydrogens (tertiary/aromatic N) is 6. The van der Waals surface area contributed by atoms with Crippen molar-refractivity contribution >= 4 is 29.6 Å². The third-order valence-corrected chi connectivity index (χ3v) is 7.04. The molecular formula is C28H36N8O6. The number of rotatable bonds is 8. The number of nitrogens with one attached hydrogen (secondary N) is 1. The summed E-state index contributed by atoms with van der Waals surface area (Å²) < 4.78 is 23.8. The first-order valence-electron chi connectivity index (χ1n) is 13.6. The molecule has 3 aromatic rings. The molecular weight excluding hydrogens is 544 g/mol. The standard InChI is InChI=1S/C28H36N8O6/c1-28(2,3)42-27(38)34-12-17-18(13-34)31-26(36-9-7-8-19(36)24(29)37)33-25(17)32-22-14-35(15-30-22)16-10-20(39-4)23(41-6)21(11-16)40-5/h10-11,14-15,19H,7-9,12-13H2,1-6H3,(H2,29,37)(H,31,32,33). The fraction of sp³-hybridized carbons (Fsp3) is 0.464. The number of amides is 2. The van der Waals surface area contributed by atoms with Gasteiger partial charge in [0.25, 0.3) is 0 Å². The largest absolute Gasteiger partial charge is 0.493 e. The molecule has 14 nitrogen and oxygen atoms in total. The number of ether oxygens (including phenoxy) is 4. The summed E-state index contributed by atoms with van der Waals surface area (Å²) in [6.45, 7) is 6.54. The Bertz CT molecular complexity index is 1470. The van der Waals surface area contributed by atoms with E-state index in [4.69, 9.17) is 34.6 Å². The van der Waals surface area contributed by atoms with Crippen molar-refractivity contribution in [2.45, 2.75) is 58.3 Å². The van der Waals surface area contributed by atoms with Gasteiger partial charge in [-0.3, -0.25) is 9.69 Å². The molecule has 14 heteroatoms. The molecule has 2 aliphatic rings. The molecule has 1 aromatic carbocycles. The van der Waals surface area contributed by atoms with Gasteiger partial charge in [-0.05, 0) is 33.6 Å². The van der Waals surface area contributed by atoms with E-state index in [0.717, 1.165) is 17.7 Å². The van der Waals surface area contributed by atoms with Crippen molar-refractivity contribution in [2.24, 2.45) is 5.73 Å². The van der Waals surface area contributed by atoms with Crippen LogP contribution in [-0.4, -0.2) is 75.9 Å². The van der Waals surface area contributed by atoms with Crippen LogP contribution in [0.5, 0.6) is 17.2 Å². The average molecular weight is 581 g/mol. The molecule has 0 saturated carbocycles. The van der Waals surface area contributed by atoms with E-state index in [1.54, 1.807) is 43.3 Å². The van der Waals surface area contributed by atoms with Crippen LogP contribution in [0, 0.1) is 0 Å². The molecule has 1 atom stereocenters. The Labute approximate surface area is 243 Å². The van der Waals surface area contributed by atoms with Crippen LogP contribution >= 0.6 is 0 Å². The van der Waals surface area contributed by atoms with E-state index in [1.165, 1.54) is 0 Å². The minimum absolute atomic E-state index is 0.239. The highest BCUT2D eigenvalue weighted by molar-refractivity contribution is 5.83. The second-order valence-electron chi connectivity index (χ2n) is 11.1. The van der Waals surface area contributed by atoms with Gasteiger partial charge in [-0.15, -0.1) is 0 Å². The number of methoxy groups -OCH3 is 3. The Morgan fingerprint density at radius 1 is 1.05 bits per heavy atom. The summed E-state index contributed by atoms with van der Waals surface area (Å²) in [5, 5.41) is 3.30. The lowest BCUT2D eigenvalue weighted by atomic mass is 10.2. The van der Waals surface area contributed by atoms with Crippen LogP contribution in [0.2, 0.25) is 0 Å². The van der Waals surface area contributed by atoms with Crippen molar-refractivity contribution in [3.8, 4) is 22.9 Å². The van der Waals surface area contributed by atoms with Crippen LogP contribution < -0.4 is 30.2 Å². The van der Waals surface area contributed by atoms with Crippen molar-refractivity contribution in [3.63, 3.8) is 0 Å². The Hall–Kier alpha value is -4.75. The van der Waals surface area contributed by atoms with E-state index in [-0.39, 0.29) is 13.1 Å². The van der Waals surface area contributed by atoms with Gasteiger partial charge in [0.1, 0.15) is 29.6 Å². The van der Waals surface area contributed by atoms with E-state index >= 15 is 0 Å². The van der Waals surface area contributed by atoms with Crippen molar-refractivity contribution in [1.82, 2.24) is 24.4 Å².